The fraction of sp³-hybridized carbons (Fsp3) is 0.294. The molecule has 0 atom stereocenters. The Balaban J connectivity index is 1.70. The Hall–Kier alpha value is -1.65. The monoisotopic (exact) mass is 329 g/mol. The van der Waals surface area contributed by atoms with E-state index in [4.69, 9.17) is 11.6 Å². The van der Waals surface area contributed by atoms with Crippen molar-refractivity contribution in [2.24, 2.45) is 0 Å². The molecule has 2 aromatic heterocycles. The van der Waals surface area contributed by atoms with E-state index in [0.717, 1.165) is 27.7 Å². The fourth-order valence-corrected chi connectivity index (χ4v) is 4.48. The number of benzene rings is 1. The molecule has 2 heterocycles. The van der Waals surface area contributed by atoms with Gasteiger partial charge in [-0.1, -0.05) is 29.8 Å². The standard InChI is InChI=1S/C17H16ClN3S/c18-13-7-3-1-5-11(13)9-19-16-15-12-6-2-4-8-14(12)22-17(15)21-10-20-16/h1,3,5,7,10H,2,4,6,8-9H2,(H,19,20,21). The van der Waals surface area contributed by atoms with Crippen LogP contribution in [0.4, 0.5) is 5.82 Å². The Morgan fingerprint density at radius 2 is 2.00 bits per heavy atom. The minimum Gasteiger partial charge on any atom is -0.365 e. The van der Waals surface area contributed by atoms with Crippen molar-refractivity contribution < 1.29 is 0 Å². The molecule has 22 heavy (non-hydrogen) atoms. The third-order valence-electron chi connectivity index (χ3n) is 4.16. The maximum atomic E-state index is 6.23. The van der Waals surface area contributed by atoms with Gasteiger partial charge in [0, 0.05) is 16.4 Å². The highest BCUT2D eigenvalue weighted by Crippen LogP contribution is 2.38. The number of hydrogen-bond donors (Lipinski definition) is 1. The lowest BCUT2D eigenvalue weighted by molar-refractivity contribution is 0.700. The normalized spacial score (nSPS) is 14.0. The number of aryl methyl sites for hydroxylation is 2. The van der Waals surface area contributed by atoms with Crippen LogP contribution in [-0.4, -0.2) is 9.97 Å². The number of nitrogens with one attached hydrogen (secondary N) is 1. The lowest BCUT2D eigenvalue weighted by Gasteiger charge is -2.12. The van der Waals surface area contributed by atoms with Crippen molar-refractivity contribution in [3.05, 3.63) is 51.6 Å². The quantitative estimate of drug-likeness (QED) is 0.747. The molecule has 0 unspecified atom stereocenters. The Bertz CT molecular complexity index is 828. The minimum absolute atomic E-state index is 0.677. The molecule has 0 fully saturated rings. The van der Waals surface area contributed by atoms with E-state index in [1.165, 1.54) is 35.1 Å². The number of halogens is 1. The maximum absolute atomic E-state index is 6.23. The van der Waals surface area contributed by atoms with Crippen molar-refractivity contribution in [2.75, 3.05) is 5.32 Å². The number of hydrogen-bond acceptors (Lipinski definition) is 4. The molecule has 0 spiro atoms. The largest absolute Gasteiger partial charge is 0.365 e. The van der Waals surface area contributed by atoms with E-state index >= 15 is 0 Å². The maximum Gasteiger partial charge on any atom is 0.138 e. The Morgan fingerprint density at radius 3 is 2.91 bits per heavy atom. The molecule has 1 aromatic carbocycles. The predicted octanol–water partition coefficient (Wildman–Crippen LogP) is 4.84. The molecule has 4 rings (SSSR count). The molecule has 5 heteroatoms. The molecular formula is C17H16ClN3S. The fourth-order valence-electron chi connectivity index (χ4n) is 3.04. The molecule has 0 aliphatic heterocycles. The van der Waals surface area contributed by atoms with Gasteiger partial charge in [0.2, 0.25) is 0 Å². The Kier molecular flexibility index (Phi) is 3.72. The van der Waals surface area contributed by atoms with Crippen LogP contribution in [0.15, 0.2) is 30.6 Å². The average Bonchev–Trinajstić information content (AvgIpc) is 2.93. The summed E-state index contributed by atoms with van der Waals surface area (Å²) in [6.07, 6.45) is 6.52. The average molecular weight is 330 g/mol. The number of rotatable bonds is 3. The first-order valence-corrected chi connectivity index (χ1v) is 8.75. The molecule has 1 aliphatic carbocycles. The van der Waals surface area contributed by atoms with Crippen LogP contribution in [0.1, 0.15) is 28.8 Å². The summed E-state index contributed by atoms with van der Waals surface area (Å²) in [7, 11) is 0. The summed E-state index contributed by atoms with van der Waals surface area (Å²) in [5.41, 5.74) is 2.54. The van der Waals surface area contributed by atoms with Crippen LogP contribution in [0.3, 0.4) is 0 Å². The van der Waals surface area contributed by atoms with Gasteiger partial charge in [-0.3, -0.25) is 0 Å². The van der Waals surface area contributed by atoms with Gasteiger partial charge in [0.05, 0.1) is 5.39 Å². The minimum atomic E-state index is 0.677. The second-order valence-electron chi connectivity index (χ2n) is 5.56. The van der Waals surface area contributed by atoms with Crippen LogP contribution in [0.5, 0.6) is 0 Å². The highest BCUT2D eigenvalue weighted by molar-refractivity contribution is 7.19. The molecule has 3 aromatic rings. The topological polar surface area (TPSA) is 37.8 Å². The molecule has 0 amide bonds. The van der Waals surface area contributed by atoms with Gasteiger partial charge in [0.25, 0.3) is 0 Å². The molecule has 0 saturated carbocycles. The molecule has 112 valence electrons. The molecule has 3 nitrogen and oxygen atoms in total. The van der Waals surface area contributed by atoms with Crippen molar-refractivity contribution in [2.45, 2.75) is 32.2 Å². The van der Waals surface area contributed by atoms with E-state index in [9.17, 15) is 0 Å². The van der Waals surface area contributed by atoms with Crippen LogP contribution < -0.4 is 5.32 Å². The number of aromatic nitrogens is 2. The predicted molar refractivity (Wildman–Crippen MR) is 92.8 cm³/mol. The summed E-state index contributed by atoms with van der Waals surface area (Å²) >= 11 is 8.05. The summed E-state index contributed by atoms with van der Waals surface area (Å²) < 4.78 is 0. The molecular weight excluding hydrogens is 314 g/mol. The van der Waals surface area contributed by atoms with Gasteiger partial charge < -0.3 is 5.32 Å². The van der Waals surface area contributed by atoms with Crippen LogP contribution in [0.25, 0.3) is 10.2 Å². The van der Waals surface area contributed by atoms with Gasteiger partial charge >= 0.3 is 0 Å². The zero-order valence-electron chi connectivity index (χ0n) is 12.1. The third kappa shape index (κ3) is 2.46. The first-order valence-electron chi connectivity index (χ1n) is 7.55. The molecule has 1 aliphatic rings. The van der Waals surface area contributed by atoms with Crippen LogP contribution in [-0.2, 0) is 19.4 Å². The molecule has 0 saturated heterocycles. The second-order valence-corrected chi connectivity index (χ2v) is 7.05. The van der Waals surface area contributed by atoms with Crippen molar-refractivity contribution >= 4 is 39.0 Å². The Labute approximate surface area is 138 Å². The highest BCUT2D eigenvalue weighted by atomic mass is 35.5. The van der Waals surface area contributed by atoms with E-state index in [2.05, 4.69) is 15.3 Å². The lowest BCUT2D eigenvalue weighted by atomic mass is 9.97. The molecule has 1 N–H and O–H groups in total. The van der Waals surface area contributed by atoms with E-state index in [1.807, 2.05) is 35.6 Å². The van der Waals surface area contributed by atoms with Gasteiger partial charge in [0.15, 0.2) is 0 Å². The first kappa shape index (κ1) is 14.0. The van der Waals surface area contributed by atoms with Crippen LogP contribution in [0, 0.1) is 0 Å². The van der Waals surface area contributed by atoms with E-state index in [1.54, 1.807) is 6.33 Å². The molecule has 0 radical (unpaired) electrons. The zero-order chi connectivity index (χ0) is 14.9. The number of fused-ring (bicyclic) bond motifs is 3. The number of thiophene rings is 1. The number of nitrogens with zero attached hydrogens (tertiary/aromatic N) is 2. The summed E-state index contributed by atoms with van der Waals surface area (Å²) in [5, 5.41) is 5.45. The summed E-state index contributed by atoms with van der Waals surface area (Å²) in [6, 6.07) is 7.91. The van der Waals surface area contributed by atoms with Crippen molar-refractivity contribution in [3.8, 4) is 0 Å². The van der Waals surface area contributed by atoms with Crippen molar-refractivity contribution in [1.82, 2.24) is 9.97 Å². The summed E-state index contributed by atoms with van der Waals surface area (Å²) in [6.45, 7) is 0.677. The van der Waals surface area contributed by atoms with Crippen LogP contribution in [0.2, 0.25) is 5.02 Å². The third-order valence-corrected chi connectivity index (χ3v) is 5.72. The first-order chi connectivity index (χ1) is 10.8. The second kappa shape index (κ2) is 5.86. The number of anilines is 1. The van der Waals surface area contributed by atoms with Crippen LogP contribution >= 0.6 is 22.9 Å². The van der Waals surface area contributed by atoms with E-state index < -0.39 is 0 Å². The van der Waals surface area contributed by atoms with E-state index in [-0.39, 0.29) is 0 Å². The van der Waals surface area contributed by atoms with E-state index in [0.29, 0.717) is 6.54 Å². The lowest BCUT2D eigenvalue weighted by Crippen LogP contribution is -2.04. The van der Waals surface area contributed by atoms with Gasteiger partial charge in [0.1, 0.15) is 17.0 Å². The van der Waals surface area contributed by atoms with Gasteiger partial charge in [-0.05, 0) is 42.9 Å². The smallest absolute Gasteiger partial charge is 0.138 e. The highest BCUT2D eigenvalue weighted by Gasteiger charge is 2.19. The zero-order valence-corrected chi connectivity index (χ0v) is 13.7. The SMILES string of the molecule is Clc1ccccc1CNc1ncnc2sc3c(c12)CCCC3. The molecule has 0 bridgehead atoms. The van der Waals surface area contributed by atoms with Crippen molar-refractivity contribution in [3.63, 3.8) is 0 Å². The summed E-state index contributed by atoms with van der Waals surface area (Å²) in [5.74, 6) is 0.935. The summed E-state index contributed by atoms with van der Waals surface area (Å²) in [4.78, 5) is 11.5. The van der Waals surface area contributed by atoms with Crippen molar-refractivity contribution in [1.29, 1.82) is 0 Å². The Morgan fingerprint density at radius 1 is 1.14 bits per heavy atom. The van der Waals surface area contributed by atoms with Gasteiger partial charge in [-0.25, -0.2) is 9.97 Å². The van der Waals surface area contributed by atoms with Gasteiger partial charge in [-0.15, -0.1) is 11.3 Å². The van der Waals surface area contributed by atoms with Gasteiger partial charge in [-0.2, -0.15) is 0 Å².